The van der Waals surface area contributed by atoms with Crippen LogP contribution in [0.2, 0.25) is 0 Å². The van der Waals surface area contributed by atoms with Crippen LogP contribution in [0.15, 0.2) is 71.9 Å². The molecule has 0 saturated carbocycles. The number of anilines is 1. The Labute approximate surface area is 197 Å². The average Bonchev–Trinajstić information content (AvgIpc) is 3.38. The molecule has 0 bridgehead atoms. The van der Waals surface area contributed by atoms with E-state index in [0.29, 0.717) is 30.5 Å². The molecular weight excluding hydrogens is 452 g/mol. The van der Waals surface area contributed by atoms with Gasteiger partial charge in [-0.3, -0.25) is 4.79 Å². The molecule has 34 heavy (non-hydrogen) atoms. The van der Waals surface area contributed by atoms with E-state index in [2.05, 4.69) is 20.8 Å². The topological polar surface area (TPSA) is 110 Å². The second-order valence-electron chi connectivity index (χ2n) is 8.42. The zero-order chi connectivity index (χ0) is 23.7. The van der Waals surface area contributed by atoms with E-state index in [-0.39, 0.29) is 17.3 Å². The zero-order valence-electron chi connectivity index (χ0n) is 18.6. The lowest BCUT2D eigenvalue weighted by Gasteiger charge is -2.31. The average molecular weight is 477 g/mol. The second kappa shape index (κ2) is 8.96. The van der Waals surface area contributed by atoms with Gasteiger partial charge in [-0.05, 0) is 65.4 Å². The number of aromatic nitrogens is 4. The molecule has 0 unspecified atom stereocenters. The second-order valence-corrected chi connectivity index (χ2v) is 10.3. The van der Waals surface area contributed by atoms with E-state index < -0.39 is 15.9 Å². The maximum Gasteiger partial charge on any atom is 0.243 e. The highest BCUT2D eigenvalue weighted by molar-refractivity contribution is 7.89. The van der Waals surface area contributed by atoms with Gasteiger partial charge in [0, 0.05) is 24.2 Å². The monoisotopic (exact) mass is 476 g/mol. The van der Waals surface area contributed by atoms with Crippen LogP contribution in [0.1, 0.15) is 18.4 Å². The van der Waals surface area contributed by atoms with E-state index in [1.807, 2.05) is 49.4 Å². The molecule has 2 heterocycles. The number of tetrazole rings is 1. The first kappa shape index (κ1) is 22.2. The van der Waals surface area contributed by atoms with Gasteiger partial charge in [-0.15, -0.1) is 5.10 Å². The van der Waals surface area contributed by atoms with Crippen LogP contribution in [-0.2, 0) is 14.8 Å². The molecule has 3 aromatic carbocycles. The predicted molar refractivity (Wildman–Crippen MR) is 128 cm³/mol. The van der Waals surface area contributed by atoms with Gasteiger partial charge >= 0.3 is 0 Å². The van der Waals surface area contributed by atoms with Crippen LogP contribution in [0.4, 0.5) is 5.69 Å². The van der Waals surface area contributed by atoms with Crippen molar-refractivity contribution in [1.29, 1.82) is 0 Å². The van der Waals surface area contributed by atoms with Gasteiger partial charge in [-0.25, -0.2) is 13.1 Å². The first-order chi connectivity index (χ1) is 16.4. The van der Waals surface area contributed by atoms with Gasteiger partial charge in [-0.1, -0.05) is 36.4 Å². The quantitative estimate of drug-likeness (QED) is 0.474. The number of hydrogen-bond donors (Lipinski definition) is 1. The van der Waals surface area contributed by atoms with Crippen molar-refractivity contribution < 1.29 is 13.2 Å². The SMILES string of the molecule is Cc1cc(NC(=O)[C@H]2CCCN(S(=O)(=O)c3cccc4ccccc34)C2)ccc1-n1cnnn1. The first-order valence-electron chi connectivity index (χ1n) is 11.1. The van der Waals surface area contributed by atoms with Crippen LogP contribution >= 0.6 is 0 Å². The van der Waals surface area contributed by atoms with Crippen LogP contribution in [0.5, 0.6) is 0 Å². The highest BCUT2D eigenvalue weighted by atomic mass is 32.2. The van der Waals surface area contributed by atoms with Crippen molar-refractivity contribution in [3.05, 3.63) is 72.6 Å². The number of fused-ring (bicyclic) bond motifs is 1. The van der Waals surface area contributed by atoms with E-state index in [0.717, 1.165) is 16.6 Å². The van der Waals surface area contributed by atoms with E-state index in [4.69, 9.17) is 0 Å². The van der Waals surface area contributed by atoms with Crippen LogP contribution in [0, 0.1) is 12.8 Å². The molecule has 1 aliphatic heterocycles. The van der Waals surface area contributed by atoms with E-state index in [1.54, 1.807) is 22.9 Å². The van der Waals surface area contributed by atoms with Gasteiger partial charge in [0.25, 0.3) is 0 Å². The lowest BCUT2D eigenvalue weighted by atomic mass is 9.98. The molecule has 1 fully saturated rings. The van der Waals surface area contributed by atoms with Crippen LogP contribution in [0.25, 0.3) is 16.5 Å². The third kappa shape index (κ3) is 4.17. The molecule has 1 aliphatic rings. The summed E-state index contributed by atoms with van der Waals surface area (Å²) < 4.78 is 30.0. The first-order valence-corrected chi connectivity index (χ1v) is 12.5. The minimum absolute atomic E-state index is 0.152. The number of piperidine rings is 1. The van der Waals surface area contributed by atoms with E-state index in [9.17, 15) is 13.2 Å². The number of nitrogens with one attached hydrogen (secondary N) is 1. The maximum atomic E-state index is 13.5. The fraction of sp³-hybridized carbons (Fsp3) is 0.250. The summed E-state index contributed by atoms with van der Waals surface area (Å²) >= 11 is 0. The summed E-state index contributed by atoms with van der Waals surface area (Å²) in [5.41, 5.74) is 2.36. The van der Waals surface area contributed by atoms with Crippen molar-refractivity contribution in [2.75, 3.05) is 18.4 Å². The van der Waals surface area contributed by atoms with Crippen molar-refractivity contribution in [3.8, 4) is 5.69 Å². The van der Waals surface area contributed by atoms with Gasteiger partial charge in [0.05, 0.1) is 16.5 Å². The van der Waals surface area contributed by atoms with E-state index in [1.165, 1.54) is 10.6 Å². The number of benzene rings is 3. The summed E-state index contributed by atoms with van der Waals surface area (Å²) in [4.78, 5) is 13.3. The smallest absolute Gasteiger partial charge is 0.243 e. The lowest BCUT2D eigenvalue weighted by Crippen LogP contribution is -2.43. The highest BCUT2D eigenvalue weighted by Crippen LogP contribution is 2.29. The summed E-state index contributed by atoms with van der Waals surface area (Å²) in [6.07, 6.45) is 2.77. The zero-order valence-corrected chi connectivity index (χ0v) is 19.4. The van der Waals surface area contributed by atoms with Crippen molar-refractivity contribution in [2.24, 2.45) is 5.92 Å². The fourth-order valence-electron chi connectivity index (χ4n) is 4.44. The summed E-state index contributed by atoms with van der Waals surface area (Å²) in [7, 11) is -3.73. The third-order valence-electron chi connectivity index (χ3n) is 6.18. The number of nitrogens with zero attached hydrogens (tertiary/aromatic N) is 5. The van der Waals surface area contributed by atoms with Crippen molar-refractivity contribution in [2.45, 2.75) is 24.7 Å². The molecule has 1 amide bonds. The Morgan fingerprint density at radius 1 is 1.09 bits per heavy atom. The van der Waals surface area contributed by atoms with Gasteiger partial charge < -0.3 is 5.32 Å². The standard InChI is InChI=1S/C24H24N6O3S/c1-17-14-20(11-12-22(17)30-16-25-27-28-30)26-24(31)19-8-5-13-29(15-19)34(32,33)23-10-4-7-18-6-2-3-9-21(18)23/h2-4,6-7,9-12,14,16,19H,5,8,13,15H2,1H3,(H,26,31)/t19-/m0/s1. The fourth-order valence-corrected chi connectivity index (χ4v) is 6.18. The molecule has 1 saturated heterocycles. The molecule has 174 valence electrons. The van der Waals surface area contributed by atoms with Gasteiger partial charge in [0.15, 0.2) is 0 Å². The Kier molecular flexibility index (Phi) is 5.84. The molecule has 0 spiro atoms. The maximum absolute atomic E-state index is 13.5. The van der Waals surface area contributed by atoms with Gasteiger partial charge in [0.2, 0.25) is 15.9 Å². The number of rotatable bonds is 5. The number of carbonyl (C=O) groups is 1. The third-order valence-corrected chi connectivity index (χ3v) is 8.11. The van der Waals surface area contributed by atoms with E-state index >= 15 is 0 Å². The summed E-state index contributed by atoms with van der Waals surface area (Å²) in [6.45, 7) is 2.46. The molecule has 10 heteroatoms. The Morgan fingerprint density at radius 3 is 2.71 bits per heavy atom. The summed E-state index contributed by atoms with van der Waals surface area (Å²) in [5, 5.41) is 15.7. The normalized spacial score (nSPS) is 17.0. The number of carbonyl (C=O) groups excluding carboxylic acids is 1. The van der Waals surface area contributed by atoms with Crippen LogP contribution in [-0.4, -0.2) is 51.9 Å². The molecule has 4 aromatic rings. The Balaban J connectivity index is 1.33. The van der Waals surface area contributed by atoms with Crippen molar-refractivity contribution in [1.82, 2.24) is 24.5 Å². The lowest BCUT2D eigenvalue weighted by molar-refractivity contribution is -0.120. The molecule has 5 rings (SSSR count). The Bertz CT molecular complexity index is 1450. The predicted octanol–water partition coefficient (Wildman–Crippen LogP) is 3.16. The Hall–Kier alpha value is -3.63. The van der Waals surface area contributed by atoms with Crippen LogP contribution in [0.3, 0.4) is 0 Å². The molecular formula is C24H24N6O3S. The van der Waals surface area contributed by atoms with Crippen molar-refractivity contribution in [3.63, 3.8) is 0 Å². The van der Waals surface area contributed by atoms with Crippen LogP contribution < -0.4 is 5.32 Å². The number of amides is 1. The Morgan fingerprint density at radius 2 is 1.91 bits per heavy atom. The van der Waals surface area contributed by atoms with Gasteiger partial charge in [0.1, 0.15) is 6.33 Å². The molecule has 0 radical (unpaired) electrons. The molecule has 0 aliphatic carbocycles. The minimum Gasteiger partial charge on any atom is -0.326 e. The number of aryl methyl sites for hydroxylation is 1. The molecule has 9 nitrogen and oxygen atoms in total. The molecule has 1 N–H and O–H groups in total. The highest BCUT2D eigenvalue weighted by Gasteiger charge is 2.34. The minimum atomic E-state index is -3.73. The summed E-state index contributed by atoms with van der Waals surface area (Å²) in [6, 6.07) is 18.2. The van der Waals surface area contributed by atoms with Crippen molar-refractivity contribution >= 4 is 32.4 Å². The largest absolute Gasteiger partial charge is 0.326 e. The molecule has 1 aromatic heterocycles. The number of hydrogen-bond acceptors (Lipinski definition) is 6. The summed E-state index contributed by atoms with van der Waals surface area (Å²) in [5.74, 6) is -0.620. The molecule has 1 atom stereocenters. The van der Waals surface area contributed by atoms with Gasteiger partial charge in [-0.2, -0.15) is 4.31 Å². The number of sulfonamides is 1.